The Bertz CT molecular complexity index is 7650. The molecule has 18 rings (SSSR count). The van der Waals surface area contributed by atoms with Crippen LogP contribution in [0.3, 0.4) is 0 Å². The first kappa shape index (κ1) is 108. The fraction of sp³-hybridized carbons (Fsp3) is 0.262. The van der Waals surface area contributed by atoms with E-state index in [1.165, 1.54) is 82.9 Å². The van der Waals surface area contributed by atoms with Gasteiger partial charge < -0.3 is 41.4 Å². The van der Waals surface area contributed by atoms with E-state index < -0.39 is 4.92 Å². The van der Waals surface area contributed by atoms with Crippen LogP contribution in [0.25, 0.3) is 60.5 Å². The van der Waals surface area contributed by atoms with Crippen LogP contribution in [-0.4, -0.2) is 54.6 Å². The van der Waals surface area contributed by atoms with Crippen molar-refractivity contribution in [2.45, 2.75) is 199 Å². The van der Waals surface area contributed by atoms with Gasteiger partial charge in [0.1, 0.15) is 16.2 Å². The lowest BCUT2D eigenvalue weighted by molar-refractivity contribution is -0.382. The summed E-state index contributed by atoms with van der Waals surface area (Å²) in [6.45, 7) is 51.1. The largest absolute Gasteiger partial charge is 0.495 e. The van der Waals surface area contributed by atoms with Crippen LogP contribution >= 0.6 is 68.0 Å². The van der Waals surface area contributed by atoms with E-state index in [2.05, 4.69) is 262 Å². The number of carbonyl (C=O) groups is 6. The van der Waals surface area contributed by atoms with Crippen molar-refractivity contribution < 1.29 is 43.2 Å². The maximum absolute atomic E-state index is 12.8. The number of fused-ring (bicyclic) bond motifs is 6. The number of thiophene rings is 6. The average molecular weight is 2050 g/mol. The minimum absolute atomic E-state index is 0.000470. The standard InChI is InChI=1S/C21H23NO2S.2C21H23NOS.C20H21NO2S.C20H21NOS.C19H18N2O3S/c1-13-7-6-8-14-11-18(25-19(13)14)20(23)22-16-12-15(21(2,3)4)9-10-17(16)24-5;2*1-13-9-10-16(21(3,4)5)12-17(13)22-20(23)18-11-15-8-6-7-14(2)19(15)24-18;1-20(2,3)14-9-10-16(23-4)15(12-14)21-19(22)18-11-13-7-5-6-8-17(13)24-18;1-13-9-10-15(20(2,3)4)12-16(13)21-19(22)18-11-14-7-5-6-8-17(14)23-18;1-19(2,3)13-7-5-8-14(11-13)20-18(22)16-10-12-6-4-9-15(21(23)24)17(12)25-16/h6-12H,1-5H3,(H,22,23);2*6-12H,1-5H3,(H,22,23);5-12H,1-4H3,(H,21,22);5-12H,1-4H3,(H,21,22);4-11H,1-3H3,(H,20,22). The molecular weight excluding hydrogens is 1920 g/mol. The summed E-state index contributed by atoms with van der Waals surface area (Å²) in [4.78, 5) is 90.8. The number of carbonyl (C=O) groups excluding carboxylic acids is 6. The summed E-state index contributed by atoms with van der Waals surface area (Å²) in [6.07, 6.45) is 0. The quantitative estimate of drug-likeness (QED) is 0.0419. The van der Waals surface area contributed by atoms with Crippen LogP contribution in [0.2, 0.25) is 0 Å². The molecule has 6 aromatic heterocycles. The van der Waals surface area contributed by atoms with Gasteiger partial charge in [0.15, 0.2) is 0 Å². The molecule has 0 saturated carbocycles. The fourth-order valence-electron chi connectivity index (χ4n) is 15.8. The van der Waals surface area contributed by atoms with E-state index in [4.69, 9.17) is 9.47 Å². The third-order valence-electron chi connectivity index (χ3n) is 24.8. The van der Waals surface area contributed by atoms with Crippen LogP contribution in [0.15, 0.2) is 273 Å². The first-order chi connectivity index (χ1) is 68.3. The third kappa shape index (κ3) is 27.5. The molecule has 145 heavy (non-hydrogen) atoms. The molecule has 0 radical (unpaired) electrons. The molecule has 748 valence electrons. The van der Waals surface area contributed by atoms with Gasteiger partial charge in [0.2, 0.25) is 0 Å². The number of amides is 6. The summed E-state index contributed by atoms with van der Waals surface area (Å²) in [5.41, 5.74) is 18.9. The Balaban J connectivity index is 0.000000146. The number of ether oxygens (including phenoxy) is 2. The van der Waals surface area contributed by atoms with Crippen LogP contribution in [0, 0.1) is 51.7 Å². The number of aryl methyl sites for hydroxylation is 6. The first-order valence-corrected chi connectivity index (χ1v) is 53.0. The molecule has 0 atom stereocenters. The molecule has 0 fully saturated rings. The summed E-state index contributed by atoms with van der Waals surface area (Å²) in [5.74, 6) is 0.734. The predicted octanol–water partition coefficient (Wildman–Crippen LogP) is 34.5. The molecular formula is C122H129N7O10S6. The highest BCUT2D eigenvalue weighted by Gasteiger charge is 2.27. The average Bonchev–Trinajstić information content (AvgIpc) is 1.72. The van der Waals surface area contributed by atoms with Crippen molar-refractivity contribution >= 4 is 204 Å². The number of non-ortho nitro benzene ring substituents is 1. The van der Waals surface area contributed by atoms with Crippen molar-refractivity contribution in [3.63, 3.8) is 0 Å². The molecule has 0 aliphatic carbocycles. The van der Waals surface area contributed by atoms with E-state index >= 15 is 0 Å². The highest BCUT2D eigenvalue weighted by atomic mass is 32.1. The molecule has 17 nitrogen and oxygen atoms in total. The van der Waals surface area contributed by atoms with Gasteiger partial charge in [-0.15, -0.1) is 68.0 Å². The molecule has 12 aromatic carbocycles. The number of benzene rings is 12. The van der Waals surface area contributed by atoms with Crippen molar-refractivity contribution in [2.24, 2.45) is 0 Å². The van der Waals surface area contributed by atoms with E-state index in [-0.39, 0.29) is 73.6 Å². The van der Waals surface area contributed by atoms with Crippen LogP contribution in [-0.2, 0) is 32.5 Å². The van der Waals surface area contributed by atoms with E-state index in [9.17, 15) is 38.9 Å². The second kappa shape index (κ2) is 45.2. The Hall–Kier alpha value is -13.8. The van der Waals surface area contributed by atoms with E-state index in [0.717, 1.165) is 117 Å². The number of anilines is 6. The summed E-state index contributed by atoms with van der Waals surface area (Å²) < 4.78 is 17.1. The van der Waals surface area contributed by atoms with E-state index in [0.29, 0.717) is 53.3 Å². The van der Waals surface area contributed by atoms with Gasteiger partial charge in [-0.2, -0.15) is 0 Å². The Labute approximate surface area is 875 Å². The topological polar surface area (TPSA) is 236 Å². The lowest BCUT2D eigenvalue weighted by Gasteiger charge is -2.21. The maximum Gasteiger partial charge on any atom is 0.287 e. The van der Waals surface area contributed by atoms with Gasteiger partial charge in [-0.25, -0.2) is 0 Å². The van der Waals surface area contributed by atoms with Crippen molar-refractivity contribution in [1.29, 1.82) is 0 Å². The number of nitro groups is 1. The van der Waals surface area contributed by atoms with Crippen LogP contribution in [0.4, 0.5) is 39.8 Å². The second-order valence-corrected chi connectivity index (χ2v) is 48.8. The Morgan fingerprint density at radius 3 is 0.800 bits per heavy atom. The molecule has 6 N–H and O–H groups in total. The Kier molecular flexibility index (Phi) is 33.8. The highest BCUT2D eigenvalue weighted by molar-refractivity contribution is 7.23. The predicted molar refractivity (Wildman–Crippen MR) is 618 cm³/mol. The summed E-state index contributed by atoms with van der Waals surface area (Å²) in [7, 11) is 3.23. The van der Waals surface area contributed by atoms with Gasteiger partial charge in [0, 0.05) is 57.7 Å². The zero-order chi connectivity index (χ0) is 105. The van der Waals surface area contributed by atoms with Gasteiger partial charge in [0.05, 0.1) is 59.8 Å². The SMILES string of the molecule is CC(C)(C)c1cccc(NC(=O)c2cc3cccc([N+](=O)[O-])c3s2)c1.COc1ccc(C(C)(C)C)cc1NC(=O)c1cc2cccc(C)c2s1.COc1ccc(C(C)(C)C)cc1NC(=O)c1cc2ccccc2s1.Cc1ccc(C(C)(C)C)cc1NC(=O)c1cc2cccc(C)c2s1.Cc1ccc(C(C)(C)C)cc1NC(=O)c1cc2cccc(C)c2s1.Cc1ccc(C(C)(C)C)cc1NC(=O)c1cc2ccccc2s1. The zero-order valence-corrected chi connectivity index (χ0v) is 92.4. The van der Waals surface area contributed by atoms with Crippen LogP contribution < -0.4 is 41.4 Å². The zero-order valence-electron chi connectivity index (χ0n) is 87.5. The summed E-state index contributed by atoms with van der Waals surface area (Å²) in [6, 6.07) is 89.3. The molecule has 0 saturated heterocycles. The number of nitrogens with one attached hydrogen (secondary N) is 6. The molecule has 18 aromatic rings. The first-order valence-electron chi connectivity index (χ1n) is 48.1. The maximum atomic E-state index is 12.8. The van der Waals surface area contributed by atoms with E-state index in [1.807, 2.05) is 185 Å². The lowest BCUT2D eigenvalue weighted by atomic mass is 9.86. The molecule has 23 heteroatoms. The third-order valence-corrected chi connectivity index (χ3v) is 32.1. The summed E-state index contributed by atoms with van der Waals surface area (Å²) in [5, 5.41) is 35.5. The second-order valence-electron chi connectivity index (χ2n) is 42.4. The minimum Gasteiger partial charge on any atom is -0.495 e. The van der Waals surface area contributed by atoms with Gasteiger partial charge in [-0.1, -0.05) is 288 Å². The molecule has 0 aliphatic rings. The number of hydrogen-bond donors (Lipinski definition) is 6. The van der Waals surface area contributed by atoms with Crippen molar-refractivity contribution in [2.75, 3.05) is 46.1 Å². The van der Waals surface area contributed by atoms with Crippen LogP contribution in [0.5, 0.6) is 11.5 Å². The lowest BCUT2D eigenvalue weighted by Crippen LogP contribution is -2.15. The van der Waals surface area contributed by atoms with Gasteiger partial charge in [-0.3, -0.25) is 38.9 Å². The molecule has 0 unspecified atom stereocenters. The van der Waals surface area contributed by atoms with Crippen LogP contribution in [0.1, 0.15) is 249 Å². The highest BCUT2D eigenvalue weighted by Crippen LogP contribution is 2.42. The Morgan fingerprint density at radius 1 is 0.248 bits per heavy atom. The molecule has 6 amide bonds. The fourth-order valence-corrected chi connectivity index (χ4v) is 21.9. The number of hydrogen-bond acceptors (Lipinski definition) is 16. The van der Waals surface area contributed by atoms with E-state index in [1.54, 1.807) is 55.1 Å². The Morgan fingerprint density at radius 2 is 0.497 bits per heavy atom. The van der Waals surface area contributed by atoms with Gasteiger partial charge >= 0.3 is 0 Å². The van der Waals surface area contributed by atoms with Gasteiger partial charge in [-0.05, 0) is 271 Å². The molecule has 0 spiro atoms. The summed E-state index contributed by atoms with van der Waals surface area (Å²) >= 11 is 8.79. The molecule has 6 heterocycles. The normalized spacial score (nSPS) is 11.6. The number of nitro benzene ring substituents is 1. The van der Waals surface area contributed by atoms with Crippen molar-refractivity contribution in [3.8, 4) is 11.5 Å². The number of methoxy groups -OCH3 is 2. The number of nitrogens with zero attached hydrogens (tertiary/aromatic N) is 1. The molecule has 0 bridgehead atoms. The van der Waals surface area contributed by atoms with Crippen molar-refractivity contribution in [1.82, 2.24) is 0 Å². The number of rotatable bonds is 15. The van der Waals surface area contributed by atoms with Crippen molar-refractivity contribution in [3.05, 3.63) is 379 Å². The molecule has 0 aliphatic heterocycles. The van der Waals surface area contributed by atoms with Gasteiger partial charge in [0.25, 0.3) is 41.1 Å². The monoisotopic (exact) mass is 2040 g/mol. The minimum atomic E-state index is -0.423. The smallest absolute Gasteiger partial charge is 0.287 e.